The Hall–Kier alpha value is -3.42. The number of ether oxygens (including phenoxy) is 3. The molecule has 42 heavy (non-hydrogen) atoms. The predicted molar refractivity (Wildman–Crippen MR) is 164 cm³/mol. The number of hydrogen-bond donors (Lipinski definition) is 1. The van der Waals surface area contributed by atoms with Crippen molar-refractivity contribution in [2.45, 2.75) is 72.1 Å². The van der Waals surface area contributed by atoms with Gasteiger partial charge in [-0.1, -0.05) is 66.2 Å². The molecule has 3 aromatic carbocycles. The van der Waals surface area contributed by atoms with Crippen LogP contribution in [0.3, 0.4) is 0 Å². The van der Waals surface area contributed by atoms with E-state index in [-0.39, 0.29) is 24.8 Å². The summed E-state index contributed by atoms with van der Waals surface area (Å²) in [7, 11) is 0. The third-order valence-corrected chi connectivity index (χ3v) is 7.04. The van der Waals surface area contributed by atoms with Crippen LogP contribution in [0.25, 0.3) is 11.1 Å². The van der Waals surface area contributed by atoms with E-state index in [1.807, 2.05) is 68.4 Å². The Morgan fingerprint density at radius 2 is 1.64 bits per heavy atom. The minimum absolute atomic E-state index is 0.148. The van der Waals surface area contributed by atoms with Crippen molar-refractivity contribution in [1.29, 1.82) is 0 Å². The summed E-state index contributed by atoms with van der Waals surface area (Å²) in [5.74, 6) is -0.732. The van der Waals surface area contributed by atoms with Crippen molar-refractivity contribution < 1.29 is 28.2 Å². The molecule has 1 unspecified atom stereocenters. The second kappa shape index (κ2) is 15.2. The van der Waals surface area contributed by atoms with Gasteiger partial charge in [0, 0.05) is 29.8 Å². The summed E-state index contributed by atoms with van der Waals surface area (Å²) >= 11 is 6.09. The molecule has 0 saturated carbocycles. The first-order chi connectivity index (χ1) is 19.9. The van der Waals surface area contributed by atoms with Crippen LogP contribution in [0.2, 0.25) is 5.02 Å². The molecule has 6 nitrogen and oxygen atoms in total. The minimum atomic E-state index is -0.951. The van der Waals surface area contributed by atoms with Crippen LogP contribution in [0.5, 0.6) is 0 Å². The lowest BCUT2D eigenvalue weighted by molar-refractivity contribution is -0.158. The van der Waals surface area contributed by atoms with Gasteiger partial charge in [-0.05, 0) is 88.8 Å². The Morgan fingerprint density at radius 3 is 2.29 bits per heavy atom. The van der Waals surface area contributed by atoms with E-state index in [9.17, 15) is 14.0 Å². The van der Waals surface area contributed by atoms with E-state index in [2.05, 4.69) is 5.32 Å². The maximum Gasteiger partial charge on any atom is 0.407 e. The SMILES string of the molecule is CCOCCC(C)(C[C@@H](Cc1ccc(-c2cc(Cl)ccc2F)cc1)NC(=O)OC(C)(C)C)C(=O)OCc1ccccc1. The third-order valence-electron chi connectivity index (χ3n) is 6.80. The smallest absolute Gasteiger partial charge is 0.407 e. The second-order valence-electron chi connectivity index (χ2n) is 11.6. The van der Waals surface area contributed by atoms with Gasteiger partial charge in [0.1, 0.15) is 18.0 Å². The number of esters is 1. The van der Waals surface area contributed by atoms with Crippen molar-refractivity contribution in [3.63, 3.8) is 0 Å². The van der Waals surface area contributed by atoms with E-state index in [0.717, 1.165) is 11.1 Å². The van der Waals surface area contributed by atoms with Gasteiger partial charge < -0.3 is 19.5 Å². The molecule has 0 aliphatic carbocycles. The number of hydrogen-bond acceptors (Lipinski definition) is 5. The van der Waals surface area contributed by atoms with Crippen LogP contribution in [-0.2, 0) is 32.0 Å². The minimum Gasteiger partial charge on any atom is -0.460 e. The molecule has 226 valence electrons. The standard InChI is InChI=1S/C34H41ClFNO5/c1-6-40-19-18-34(5,31(38)41-23-25-10-8-7-9-11-25)22-28(37-32(39)42-33(2,3)4)20-24-12-14-26(15-13-24)29-21-27(35)16-17-30(29)36/h7-17,21,28H,6,18-20,22-23H2,1-5H3,(H,37,39)/t28-,34?/m1/s1. The van der Waals surface area contributed by atoms with Gasteiger partial charge in [-0.25, -0.2) is 9.18 Å². The van der Waals surface area contributed by atoms with Gasteiger partial charge in [0.25, 0.3) is 0 Å². The molecule has 8 heteroatoms. The zero-order chi connectivity index (χ0) is 30.8. The molecule has 0 fully saturated rings. The molecule has 3 aromatic rings. The number of benzene rings is 3. The van der Waals surface area contributed by atoms with Crippen molar-refractivity contribution in [1.82, 2.24) is 5.32 Å². The zero-order valence-electron chi connectivity index (χ0n) is 25.0. The molecule has 0 aromatic heterocycles. The Labute approximate surface area is 253 Å². The maximum absolute atomic E-state index is 14.4. The summed E-state index contributed by atoms with van der Waals surface area (Å²) in [6, 6.07) is 20.9. The molecule has 0 spiro atoms. The number of nitrogens with one attached hydrogen (secondary N) is 1. The molecular formula is C34H41ClFNO5. The fraction of sp³-hybridized carbons (Fsp3) is 0.412. The Morgan fingerprint density at radius 1 is 0.952 bits per heavy atom. The lowest BCUT2D eigenvalue weighted by Crippen LogP contribution is -2.45. The van der Waals surface area contributed by atoms with E-state index in [4.69, 9.17) is 25.8 Å². The van der Waals surface area contributed by atoms with Crippen LogP contribution in [0.1, 0.15) is 58.6 Å². The largest absolute Gasteiger partial charge is 0.460 e. The summed E-state index contributed by atoms with van der Waals surface area (Å²) < 4.78 is 31.3. The van der Waals surface area contributed by atoms with Crippen LogP contribution in [0.4, 0.5) is 9.18 Å². The molecule has 2 atom stereocenters. The molecule has 1 amide bonds. The van der Waals surface area contributed by atoms with E-state index in [1.54, 1.807) is 26.8 Å². The molecule has 0 aliphatic heterocycles. The topological polar surface area (TPSA) is 73.9 Å². The van der Waals surface area contributed by atoms with Gasteiger partial charge in [0.05, 0.1) is 5.41 Å². The van der Waals surface area contributed by atoms with Crippen molar-refractivity contribution in [3.05, 3.63) is 94.8 Å². The first kappa shape index (κ1) is 33.1. The van der Waals surface area contributed by atoms with Gasteiger partial charge in [-0.3, -0.25) is 4.79 Å². The lowest BCUT2D eigenvalue weighted by Gasteiger charge is -2.32. The second-order valence-corrected chi connectivity index (χ2v) is 12.1. The van der Waals surface area contributed by atoms with Gasteiger partial charge in [0.2, 0.25) is 0 Å². The van der Waals surface area contributed by atoms with Gasteiger partial charge in [-0.15, -0.1) is 0 Å². The lowest BCUT2D eigenvalue weighted by atomic mass is 9.79. The van der Waals surface area contributed by atoms with Crippen LogP contribution in [0.15, 0.2) is 72.8 Å². The van der Waals surface area contributed by atoms with Crippen LogP contribution in [-0.4, -0.2) is 36.9 Å². The highest BCUT2D eigenvalue weighted by molar-refractivity contribution is 6.30. The maximum atomic E-state index is 14.4. The molecule has 3 rings (SSSR count). The summed E-state index contributed by atoms with van der Waals surface area (Å²) in [6.45, 7) is 10.2. The molecule has 0 heterocycles. The number of alkyl carbamates (subject to hydrolysis) is 1. The average Bonchev–Trinajstić information content (AvgIpc) is 2.93. The molecule has 0 aliphatic rings. The van der Waals surface area contributed by atoms with Gasteiger partial charge in [0.15, 0.2) is 0 Å². The Bertz CT molecular complexity index is 1310. The van der Waals surface area contributed by atoms with Crippen molar-refractivity contribution >= 4 is 23.7 Å². The molecule has 0 saturated heterocycles. The Kier molecular flexibility index (Phi) is 11.9. The quantitative estimate of drug-likeness (QED) is 0.159. The first-order valence-corrected chi connectivity index (χ1v) is 14.6. The first-order valence-electron chi connectivity index (χ1n) is 14.2. The molecule has 1 N–H and O–H groups in total. The average molecular weight is 598 g/mol. The predicted octanol–water partition coefficient (Wildman–Crippen LogP) is 8.15. The van der Waals surface area contributed by atoms with E-state index >= 15 is 0 Å². The number of carbonyl (C=O) groups is 2. The van der Waals surface area contributed by atoms with E-state index in [0.29, 0.717) is 42.2 Å². The van der Waals surface area contributed by atoms with Crippen LogP contribution >= 0.6 is 11.6 Å². The third kappa shape index (κ3) is 10.4. The van der Waals surface area contributed by atoms with Gasteiger partial charge >= 0.3 is 12.1 Å². The molecular weight excluding hydrogens is 557 g/mol. The fourth-order valence-electron chi connectivity index (χ4n) is 4.64. The van der Waals surface area contributed by atoms with Crippen molar-refractivity contribution in [3.8, 4) is 11.1 Å². The van der Waals surface area contributed by atoms with Crippen LogP contribution in [0, 0.1) is 11.2 Å². The van der Waals surface area contributed by atoms with E-state index in [1.165, 1.54) is 12.1 Å². The highest BCUT2D eigenvalue weighted by atomic mass is 35.5. The fourth-order valence-corrected chi connectivity index (χ4v) is 4.81. The number of rotatable bonds is 13. The van der Waals surface area contributed by atoms with Crippen molar-refractivity contribution in [2.24, 2.45) is 5.41 Å². The van der Waals surface area contributed by atoms with E-state index < -0.39 is 23.2 Å². The summed E-state index contributed by atoms with van der Waals surface area (Å²) in [5.41, 5.74) is 1.23. The summed E-state index contributed by atoms with van der Waals surface area (Å²) in [4.78, 5) is 26.4. The van der Waals surface area contributed by atoms with Crippen LogP contribution < -0.4 is 5.32 Å². The highest BCUT2D eigenvalue weighted by Crippen LogP contribution is 2.32. The zero-order valence-corrected chi connectivity index (χ0v) is 25.8. The number of carbonyl (C=O) groups excluding carboxylic acids is 2. The number of amides is 1. The molecule has 0 bridgehead atoms. The van der Waals surface area contributed by atoms with Gasteiger partial charge in [-0.2, -0.15) is 0 Å². The normalized spacial score (nSPS) is 13.6. The summed E-state index contributed by atoms with van der Waals surface area (Å²) in [5, 5.41) is 3.42. The number of halogens is 2. The Balaban J connectivity index is 1.84. The summed E-state index contributed by atoms with van der Waals surface area (Å²) in [6.07, 6.45) is 0.536. The van der Waals surface area contributed by atoms with Crippen molar-refractivity contribution in [2.75, 3.05) is 13.2 Å². The molecule has 0 radical (unpaired) electrons. The monoisotopic (exact) mass is 597 g/mol. The highest BCUT2D eigenvalue weighted by Gasteiger charge is 2.38.